The molecule has 19 heavy (non-hydrogen) atoms. The maximum absolute atomic E-state index is 12.0. The summed E-state index contributed by atoms with van der Waals surface area (Å²) in [5.41, 5.74) is 1.03. The van der Waals surface area contributed by atoms with Gasteiger partial charge in [-0.15, -0.1) is 0 Å². The zero-order valence-electron chi connectivity index (χ0n) is 10.8. The number of amides is 2. The van der Waals surface area contributed by atoms with Gasteiger partial charge in [-0.2, -0.15) is 5.26 Å². The predicted octanol–water partition coefficient (Wildman–Crippen LogP) is 3.48. The Labute approximate surface area is 118 Å². The molecule has 100 valence electrons. The molecular weight excluding hydrogens is 262 g/mol. The van der Waals surface area contributed by atoms with E-state index < -0.39 is 0 Å². The lowest BCUT2D eigenvalue weighted by atomic mass is 10.00. The molecule has 1 aliphatic heterocycles. The molecule has 1 heterocycles. The summed E-state index contributed by atoms with van der Waals surface area (Å²) >= 11 is 5.93. The second kappa shape index (κ2) is 5.94. The molecule has 0 atom stereocenters. The Bertz CT molecular complexity index is 516. The van der Waals surface area contributed by atoms with Crippen LogP contribution in [0.1, 0.15) is 25.3 Å². The minimum atomic E-state index is -0.104. The van der Waals surface area contributed by atoms with Crippen LogP contribution in [-0.2, 0) is 0 Å². The fourth-order valence-electron chi connectivity index (χ4n) is 2.10. The van der Waals surface area contributed by atoms with Gasteiger partial charge in [-0.3, -0.25) is 0 Å². The fraction of sp³-hybridized carbons (Fsp3) is 0.429. The summed E-state index contributed by atoms with van der Waals surface area (Å²) in [6.45, 7) is 3.78. The summed E-state index contributed by atoms with van der Waals surface area (Å²) in [5, 5.41) is 12.0. The second-order valence-electron chi connectivity index (χ2n) is 4.91. The average molecular weight is 278 g/mol. The van der Waals surface area contributed by atoms with Crippen LogP contribution < -0.4 is 5.32 Å². The van der Waals surface area contributed by atoms with Gasteiger partial charge < -0.3 is 10.2 Å². The first-order valence-corrected chi connectivity index (χ1v) is 6.73. The highest BCUT2D eigenvalue weighted by molar-refractivity contribution is 6.32. The topological polar surface area (TPSA) is 56.1 Å². The van der Waals surface area contributed by atoms with Crippen LogP contribution >= 0.6 is 11.6 Å². The third-order valence-corrected chi connectivity index (χ3v) is 3.72. The van der Waals surface area contributed by atoms with E-state index >= 15 is 0 Å². The van der Waals surface area contributed by atoms with Crippen molar-refractivity contribution >= 4 is 23.3 Å². The van der Waals surface area contributed by atoms with Gasteiger partial charge in [0.05, 0.1) is 10.6 Å². The van der Waals surface area contributed by atoms with E-state index in [1.807, 2.05) is 11.0 Å². The van der Waals surface area contributed by atoms with Crippen LogP contribution in [0.4, 0.5) is 10.5 Å². The highest BCUT2D eigenvalue weighted by Crippen LogP contribution is 2.21. The number of hydrogen-bond donors (Lipinski definition) is 1. The molecule has 1 N–H and O–H groups in total. The first-order chi connectivity index (χ1) is 9.10. The van der Waals surface area contributed by atoms with Crippen molar-refractivity contribution in [2.24, 2.45) is 5.92 Å². The van der Waals surface area contributed by atoms with Gasteiger partial charge in [0.25, 0.3) is 0 Å². The molecule has 2 rings (SSSR count). The number of benzene rings is 1. The lowest BCUT2D eigenvalue weighted by Gasteiger charge is -2.30. The Kier molecular flexibility index (Phi) is 4.28. The summed E-state index contributed by atoms with van der Waals surface area (Å²) < 4.78 is 0. The molecule has 0 bridgehead atoms. The van der Waals surface area contributed by atoms with Gasteiger partial charge in [-0.05, 0) is 37.0 Å². The molecule has 0 unspecified atom stereocenters. The number of nitrogens with zero attached hydrogens (tertiary/aromatic N) is 2. The van der Waals surface area contributed by atoms with Crippen molar-refractivity contribution in [1.29, 1.82) is 5.26 Å². The largest absolute Gasteiger partial charge is 0.325 e. The van der Waals surface area contributed by atoms with E-state index in [0.29, 0.717) is 22.2 Å². The van der Waals surface area contributed by atoms with Crippen LogP contribution in [-0.4, -0.2) is 24.0 Å². The van der Waals surface area contributed by atoms with E-state index in [4.69, 9.17) is 16.9 Å². The molecule has 1 saturated heterocycles. The molecule has 1 aromatic carbocycles. The second-order valence-corrected chi connectivity index (χ2v) is 5.31. The van der Waals surface area contributed by atoms with Gasteiger partial charge >= 0.3 is 6.03 Å². The minimum Gasteiger partial charge on any atom is -0.325 e. The zero-order valence-corrected chi connectivity index (χ0v) is 11.6. The quantitative estimate of drug-likeness (QED) is 0.854. The van der Waals surface area contributed by atoms with Crippen LogP contribution in [0.25, 0.3) is 0 Å². The first-order valence-electron chi connectivity index (χ1n) is 6.35. The Morgan fingerprint density at radius 1 is 1.47 bits per heavy atom. The van der Waals surface area contributed by atoms with E-state index in [1.165, 1.54) is 0 Å². The number of carbonyl (C=O) groups is 1. The average Bonchev–Trinajstić information content (AvgIpc) is 2.39. The molecule has 0 aliphatic carbocycles. The van der Waals surface area contributed by atoms with Crippen molar-refractivity contribution in [3.05, 3.63) is 28.8 Å². The first kappa shape index (κ1) is 13.7. The Morgan fingerprint density at radius 3 is 2.74 bits per heavy atom. The number of halogens is 1. The van der Waals surface area contributed by atoms with Gasteiger partial charge in [-0.25, -0.2) is 4.79 Å². The molecular formula is C14H16ClN3O. The smallest absolute Gasteiger partial charge is 0.321 e. The van der Waals surface area contributed by atoms with Gasteiger partial charge in [0, 0.05) is 18.8 Å². The Morgan fingerprint density at radius 2 is 2.16 bits per heavy atom. The molecule has 0 spiro atoms. The third-order valence-electron chi connectivity index (χ3n) is 3.41. The summed E-state index contributed by atoms with van der Waals surface area (Å²) in [4.78, 5) is 13.9. The van der Waals surface area contributed by atoms with Gasteiger partial charge in [0.15, 0.2) is 0 Å². The van der Waals surface area contributed by atoms with Crippen molar-refractivity contribution in [1.82, 2.24) is 4.90 Å². The Balaban J connectivity index is 1.99. The molecule has 1 fully saturated rings. The van der Waals surface area contributed by atoms with Crippen LogP contribution in [0.5, 0.6) is 0 Å². The molecule has 1 aromatic rings. The number of nitriles is 1. The Hall–Kier alpha value is -1.73. The maximum Gasteiger partial charge on any atom is 0.321 e. The van der Waals surface area contributed by atoms with Crippen LogP contribution in [0.3, 0.4) is 0 Å². The monoisotopic (exact) mass is 277 g/mol. The summed E-state index contributed by atoms with van der Waals surface area (Å²) in [6.07, 6.45) is 2.09. The molecule has 0 radical (unpaired) electrons. The molecule has 1 aliphatic rings. The van der Waals surface area contributed by atoms with Gasteiger partial charge in [-0.1, -0.05) is 18.5 Å². The molecule has 4 nitrogen and oxygen atoms in total. The zero-order chi connectivity index (χ0) is 13.8. The molecule has 5 heteroatoms. The van der Waals surface area contributed by atoms with Crippen LogP contribution in [0, 0.1) is 17.2 Å². The number of hydrogen-bond acceptors (Lipinski definition) is 2. The summed E-state index contributed by atoms with van der Waals surface area (Å²) in [6, 6.07) is 6.78. The predicted molar refractivity (Wildman–Crippen MR) is 75.2 cm³/mol. The van der Waals surface area contributed by atoms with Gasteiger partial charge in [0.1, 0.15) is 6.07 Å². The SMILES string of the molecule is CC1CCN(C(=O)Nc2ccc(C#N)c(Cl)c2)CC1. The van der Waals surface area contributed by atoms with E-state index in [0.717, 1.165) is 25.9 Å². The van der Waals surface area contributed by atoms with Gasteiger partial charge in [0.2, 0.25) is 0 Å². The summed E-state index contributed by atoms with van der Waals surface area (Å²) in [7, 11) is 0. The van der Waals surface area contributed by atoms with E-state index in [-0.39, 0.29) is 6.03 Å². The molecule has 0 saturated carbocycles. The number of rotatable bonds is 1. The number of nitrogens with one attached hydrogen (secondary N) is 1. The third kappa shape index (κ3) is 3.39. The highest BCUT2D eigenvalue weighted by atomic mass is 35.5. The highest BCUT2D eigenvalue weighted by Gasteiger charge is 2.20. The lowest BCUT2D eigenvalue weighted by Crippen LogP contribution is -2.40. The van der Waals surface area contributed by atoms with Crippen LogP contribution in [0.15, 0.2) is 18.2 Å². The van der Waals surface area contributed by atoms with Crippen molar-refractivity contribution in [2.45, 2.75) is 19.8 Å². The lowest BCUT2D eigenvalue weighted by molar-refractivity contribution is 0.186. The summed E-state index contributed by atoms with van der Waals surface area (Å²) in [5.74, 6) is 0.688. The fourth-order valence-corrected chi connectivity index (χ4v) is 2.32. The van der Waals surface area contributed by atoms with Crippen molar-refractivity contribution in [2.75, 3.05) is 18.4 Å². The van der Waals surface area contributed by atoms with E-state index in [2.05, 4.69) is 12.2 Å². The van der Waals surface area contributed by atoms with Crippen molar-refractivity contribution < 1.29 is 4.79 Å². The molecule has 2 amide bonds. The normalized spacial score (nSPS) is 15.9. The number of carbonyl (C=O) groups excluding carboxylic acids is 1. The van der Waals surface area contributed by atoms with E-state index in [9.17, 15) is 4.79 Å². The minimum absolute atomic E-state index is 0.104. The van der Waals surface area contributed by atoms with E-state index in [1.54, 1.807) is 18.2 Å². The standard InChI is InChI=1S/C14H16ClN3O/c1-10-4-6-18(7-5-10)14(19)17-12-3-2-11(9-16)13(15)8-12/h2-3,8,10H,4-7H2,1H3,(H,17,19). The number of piperidine rings is 1. The molecule has 0 aromatic heterocycles. The number of urea groups is 1. The van der Waals surface area contributed by atoms with Crippen molar-refractivity contribution in [3.8, 4) is 6.07 Å². The maximum atomic E-state index is 12.0. The van der Waals surface area contributed by atoms with Crippen molar-refractivity contribution in [3.63, 3.8) is 0 Å². The number of likely N-dealkylation sites (tertiary alicyclic amines) is 1. The number of anilines is 1. The van der Waals surface area contributed by atoms with Crippen LogP contribution in [0.2, 0.25) is 5.02 Å².